The number of nitrogens with zero attached hydrogens (tertiary/aromatic N) is 2. The van der Waals surface area contributed by atoms with Crippen LogP contribution in [-0.4, -0.2) is 39.1 Å². The molecule has 0 bridgehead atoms. The largest absolute Gasteiger partial charge is 0.497 e. The second kappa shape index (κ2) is 7.04. The summed E-state index contributed by atoms with van der Waals surface area (Å²) in [4.78, 5) is 13.6. The molecule has 0 radical (unpaired) electrons. The van der Waals surface area contributed by atoms with Gasteiger partial charge in [-0.1, -0.05) is 0 Å². The first-order valence-electron chi connectivity index (χ1n) is 5.83. The van der Waals surface area contributed by atoms with Gasteiger partial charge in [-0.15, -0.1) is 0 Å². The van der Waals surface area contributed by atoms with Gasteiger partial charge in [0, 0.05) is 26.4 Å². The van der Waals surface area contributed by atoms with Crippen LogP contribution in [-0.2, 0) is 4.79 Å². The number of hydrogen-bond donors (Lipinski definition) is 1. The van der Waals surface area contributed by atoms with Gasteiger partial charge in [-0.05, 0) is 12.1 Å². The van der Waals surface area contributed by atoms with E-state index in [0.29, 0.717) is 17.2 Å². The van der Waals surface area contributed by atoms with E-state index in [1.165, 1.54) is 13.3 Å². The number of nitriles is 1. The van der Waals surface area contributed by atoms with Gasteiger partial charge in [-0.2, -0.15) is 5.26 Å². The van der Waals surface area contributed by atoms with Crippen molar-refractivity contribution in [3.63, 3.8) is 0 Å². The number of carbonyl (C=O) groups excluding carboxylic acids is 1. The third kappa shape index (κ3) is 3.92. The zero-order valence-electron chi connectivity index (χ0n) is 11.9. The van der Waals surface area contributed by atoms with Gasteiger partial charge < -0.3 is 19.7 Å². The lowest BCUT2D eigenvalue weighted by Gasteiger charge is -2.12. The molecule has 1 aromatic carbocycles. The summed E-state index contributed by atoms with van der Waals surface area (Å²) in [5.41, 5.74) is 0.478. The van der Waals surface area contributed by atoms with Crippen LogP contribution in [0.3, 0.4) is 0 Å². The molecule has 0 aliphatic carbocycles. The fourth-order valence-corrected chi connectivity index (χ4v) is 1.49. The minimum Gasteiger partial charge on any atom is -0.497 e. The number of hydrogen-bond acceptors (Lipinski definition) is 5. The molecule has 1 rings (SSSR count). The molecule has 0 aromatic heterocycles. The summed E-state index contributed by atoms with van der Waals surface area (Å²) in [5.74, 6) is 0.577. The van der Waals surface area contributed by atoms with E-state index in [-0.39, 0.29) is 5.57 Å². The molecular weight excluding hydrogens is 258 g/mol. The number of carbonyl (C=O) groups is 1. The van der Waals surface area contributed by atoms with Crippen LogP contribution in [0, 0.1) is 11.3 Å². The highest BCUT2D eigenvalue weighted by molar-refractivity contribution is 6.07. The normalized spacial score (nSPS) is 10.4. The van der Waals surface area contributed by atoms with E-state index in [9.17, 15) is 4.79 Å². The zero-order valence-corrected chi connectivity index (χ0v) is 11.9. The Hall–Kier alpha value is -2.68. The highest BCUT2D eigenvalue weighted by Crippen LogP contribution is 2.29. The summed E-state index contributed by atoms with van der Waals surface area (Å²) < 4.78 is 10.3. The lowest BCUT2D eigenvalue weighted by molar-refractivity contribution is -0.112. The molecule has 20 heavy (non-hydrogen) atoms. The van der Waals surface area contributed by atoms with Crippen molar-refractivity contribution in [1.29, 1.82) is 5.26 Å². The Morgan fingerprint density at radius 1 is 1.35 bits per heavy atom. The van der Waals surface area contributed by atoms with Crippen LogP contribution in [0.1, 0.15) is 0 Å². The molecule has 106 valence electrons. The number of nitrogens with one attached hydrogen (secondary N) is 1. The number of benzene rings is 1. The Morgan fingerprint density at radius 3 is 2.55 bits per heavy atom. The van der Waals surface area contributed by atoms with E-state index < -0.39 is 5.91 Å². The first-order valence-corrected chi connectivity index (χ1v) is 5.83. The predicted octanol–water partition coefficient (Wildman–Crippen LogP) is 1.61. The van der Waals surface area contributed by atoms with Crippen LogP contribution in [0.2, 0.25) is 0 Å². The van der Waals surface area contributed by atoms with Gasteiger partial charge in [-0.25, -0.2) is 0 Å². The topological polar surface area (TPSA) is 74.6 Å². The molecule has 1 aromatic rings. The Bertz CT molecular complexity index is 559. The molecule has 6 heteroatoms. The van der Waals surface area contributed by atoms with Crippen LogP contribution in [0.4, 0.5) is 5.69 Å². The van der Waals surface area contributed by atoms with Crippen LogP contribution < -0.4 is 14.8 Å². The maximum absolute atomic E-state index is 12.0. The van der Waals surface area contributed by atoms with Crippen LogP contribution in [0.25, 0.3) is 0 Å². The third-order valence-corrected chi connectivity index (χ3v) is 2.41. The summed E-state index contributed by atoms with van der Waals surface area (Å²) in [6.07, 6.45) is 1.45. The molecule has 0 atom stereocenters. The van der Waals surface area contributed by atoms with Crippen LogP contribution >= 0.6 is 0 Å². The SMILES string of the molecule is COc1ccc(NC(=O)C(C#N)=CN(C)C)c(OC)c1. The minimum atomic E-state index is -0.496. The van der Waals surface area contributed by atoms with Crippen molar-refractivity contribution in [2.75, 3.05) is 33.6 Å². The first kappa shape index (κ1) is 15.4. The van der Waals surface area contributed by atoms with Crippen LogP contribution in [0.5, 0.6) is 11.5 Å². The Morgan fingerprint density at radius 2 is 2.05 bits per heavy atom. The van der Waals surface area contributed by atoms with Crippen molar-refractivity contribution < 1.29 is 14.3 Å². The smallest absolute Gasteiger partial charge is 0.267 e. The van der Waals surface area contributed by atoms with Crippen molar-refractivity contribution in [3.8, 4) is 17.6 Å². The summed E-state index contributed by atoms with van der Waals surface area (Å²) >= 11 is 0. The lowest BCUT2D eigenvalue weighted by atomic mass is 10.2. The third-order valence-electron chi connectivity index (χ3n) is 2.41. The Kier molecular flexibility index (Phi) is 5.42. The van der Waals surface area contributed by atoms with Gasteiger partial charge in [0.25, 0.3) is 5.91 Å². The summed E-state index contributed by atoms with van der Waals surface area (Å²) in [5, 5.41) is 11.6. The number of anilines is 1. The molecule has 6 nitrogen and oxygen atoms in total. The molecule has 0 aliphatic rings. The Balaban J connectivity index is 2.99. The van der Waals surface area contributed by atoms with Gasteiger partial charge in [0.05, 0.1) is 19.9 Å². The van der Waals surface area contributed by atoms with Gasteiger partial charge in [-0.3, -0.25) is 4.79 Å². The second-order valence-electron chi connectivity index (χ2n) is 4.14. The van der Waals surface area contributed by atoms with Crippen molar-refractivity contribution >= 4 is 11.6 Å². The lowest BCUT2D eigenvalue weighted by Crippen LogP contribution is -2.16. The van der Waals surface area contributed by atoms with E-state index in [1.54, 1.807) is 44.3 Å². The molecule has 0 saturated carbocycles. The standard InChI is InChI=1S/C14H17N3O3/c1-17(2)9-10(8-15)14(18)16-12-6-5-11(19-3)7-13(12)20-4/h5-7,9H,1-4H3,(H,16,18). The minimum absolute atomic E-state index is 0.00729. The molecular formula is C14H17N3O3. The molecule has 0 spiro atoms. The van der Waals surface area contributed by atoms with Gasteiger partial charge in [0.1, 0.15) is 23.1 Å². The fourth-order valence-electron chi connectivity index (χ4n) is 1.49. The van der Waals surface area contributed by atoms with Gasteiger partial charge >= 0.3 is 0 Å². The van der Waals surface area contributed by atoms with Gasteiger partial charge in [0.15, 0.2) is 0 Å². The molecule has 1 amide bonds. The quantitative estimate of drug-likeness (QED) is 0.652. The Labute approximate surface area is 118 Å². The summed E-state index contributed by atoms with van der Waals surface area (Å²) in [6.45, 7) is 0. The number of methoxy groups -OCH3 is 2. The molecule has 0 unspecified atom stereocenters. The van der Waals surface area contributed by atoms with Gasteiger partial charge in [0.2, 0.25) is 0 Å². The van der Waals surface area contributed by atoms with Crippen molar-refractivity contribution in [1.82, 2.24) is 4.90 Å². The van der Waals surface area contributed by atoms with E-state index in [0.717, 1.165) is 0 Å². The van der Waals surface area contributed by atoms with E-state index >= 15 is 0 Å². The number of rotatable bonds is 5. The van der Waals surface area contributed by atoms with Crippen molar-refractivity contribution in [3.05, 3.63) is 30.0 Å². The maximum atomic E-state index is 12.0. The fraction of sp³-hybridized carbons (Fsp3) is 0.286. The number of ether oxygens (including phenoxy) is 2. The molecule has 0 saturated heterocycles. The predicted molar refractivity (Wildman–Crippen MR) is 75.6 cm³/mol. The first-order chi connectivity index (χ1) is 9.51. The zero-order chi connectivity index (χ0) is 15.1. The maximum Gasteiger partial charge on any atom is 0.267 e. The monoisotopic (exact) mass is 275 g/mol. The highest BCUT2D eigenvalue weighted by Gasteiger charge is 2.13. The van der Waals surface area contributed by atoms with E-state index in [2.05, 4.69) is 5.32 Å². The van der Waals surface area contributed by atoms with Crippen molar-refractivity contribution in [2.24, 2.45) is 0 Å². The summed E-state index contributed by atoms with van der Waals surface area (Å²) in [6, 6.07) is 6.85. The molecule has 0 fully saturated rings. The second-order valence-corrected chi connectivity index (χ2v) is 4.14. The molecule has 1 N–H and O–H groups in total. The van der Waals surface area contributed by atoms with E-state index in [1.807, 2.05) is 6.07 Å². The van der Waals surface area contributed by atoms with Crippen LogP contribution in [0.15, 0.2) is 30.0 Å². The molecule has 0 heterocycles. The van der Waals surface area contributed by atoms with Crippen molar-refractivity contribution in [2.45, 2.75) is 0 Å². The highest BCUT2D eigenvalue weighted by atomic mass is 16.5. The molecule has 0 aliphatic heterocycles. The van der Waals surface area contributed by atoms with E-state index in [4.69, 9.17) is 14.7 Å². The summed E-state index contributed by atoms with van der Waals surface area (Å²) in [7, 11) is 6.50. The average molecular weight is 275 g/mol. The number of amides is 1. The average Bonchev–Trinajstić information content (AvgIpc) is 2.44.